The number of carbonyl (C=O) groups excluding carboxylic acids is 2. The number of nitrogens with zero attached hydrogens (tertiary/aromatic N) is 1. The molecule has 5 nitrogen and oxygen atoms in total. The van der Waals surface area contributed by atoms with E-state index in [-0.39, 0.29) is 17.9 Å². The normalized spacial score (nSPS) is 13.8. The van der Waals surface area contributed by atoms with Crippen LogP contribution in [0, 0.1) is 0 Å². The van der Waals surface area contributed by atoms with Crippen LogP contribution in [0.15, 0.2) is 65.3 Å². The Kier molecular flexibility index (Phi) is 5.21. The first-order valence-corrected chi connectivity index (χ1v) is 9.86. The van der Waals surface area contributed by atoms with Crippen molar-refractivity contribution in [3.63, 3.8) is 0 Å². The second-order valence-corrected chi connectivity index (χ2v) is 7.50. The number of anilines is 1. The summed E-state index contributed by atoms with van der Waals surface area (Å²) < 4.78 is 5.33. The number of hydrogen-bond donors (Lipinski definition) is 1. The van der Waals surface area contributed by atoms with Gasteiger partial charge in [-0.1, -0.05) is 18.2 Å². The van der Waals surface area contributed by atoms with Crippen LogP contribution in [0.4, 0.5) is 5.69 Å². The second kappa shape index (κ2) is 7.95. The van der Waals surface area contributed by atoms with E-state index in [1.54, 1.807) is 13.2 Å². The van der Waals surface area contributed by atoms with Crippen LogP contribution in [0.25, 0.3) is 11.1 Å². The van der Waals surface area contributed by atoms with Gasteiger partial charge in [0.25, 0.3) is 5.91 Å². The van der Waals surface area contributed by atoms with Crippen molar-refractivity contribution in [3.8, 4) is 11.1 Å². The Bertz CT molecular complexity index is 1020. The van der Waals surface area contributed by atoms with Crippen LogP contribution in [-0.4, -0.2) is 24.4 Å². The molecule has 0 fully saturated rings. The molecule has 1 aliphatic rings. The Morgan fingerprint density at radius 3 is 2.55 bits per heavy atom. The van der Waals surface area contributed by atoms with E-state index in [2.05, 4.69) is 11.4 Å². The fourth-order valence-electron chi connectivity index (χ4n) is 3.81. The molecule has 0 saturated heterocycles. The van der Waals surface area contributed by atoms with Gasteiger partial charge in [0.2, 0.25) is 5.91 Å². The summed E-state index contributed by atoms with van der Waals surface area (Å²) in [7, 11) is 0. The molecule has 0 bridgehead atoms. The summed E-state index contributed by atoms with van der Waals surface area (Å²) in [5.41, 5.74) is 4.96. The van der Waals surface area contributed by atoms with E-state index >= 15 is 0 Å². The smallest absolute Gasteiger partial charge is 0.251 e. The third-order valence-corrected chi connectivity index (χ3v) is 5.30. The standard InChI is InChI=1S/C24H24N2O3/c1-16(14-22-4-3-13-29-22)25-24(28)19-7-5-18(6-8-19)20-9-10-23-21(15-20)11-12-26(23)17(2)27/h3-10,13,15-16H,11-12,14H2,1-2H3,(H,25,28)/t16-/m1/s1. The first-order chi connectivity index (χ1) is 14.0. The Labute approximate surface area is 170 Å². The highest BCUT2D eigenvalue weighted by molar-refractivity contribution is 5.95. The molecule has 1 atom stereocenters. The third kappa shape index (κ3) is 4.09. The Balaban J connectivity index is 1.44. The van der Waals surface area contributed by atoms with Crippen molar-refractivity contribution in [3.05, 3.63) is 77.7 Å². The lowest BCUT2D eigenvalue weighted by molar-refractivity contribution is -0.116. The van der Waals surface area contributed by atoms with E-state index < -0.39 is 0 Å². The minimum absolute atomic E-state index is 0.0192. The van der Waals surface area contributed by atoms with Crippen LogP contribution in [0.2, 0.25) is 0 Å². The van der Waals surface area contributed by atoms with Gasteiger partial charge in [0.05, 0.1) is 6.26 Å². The predicted molar refractivity (Wildman–Crippen MR) is 113 cm³/mol. The minimum Gasteiger partial charge on any atom is -0.469 e. The molecule has 0 saturated carbocycles. The molecule has 2 aromatic carbocycles. The molecule has 1 aromatic heterocycles. The van der Waals surface area contributed by atoms with Crippen LogP contribution in [0.5, 0.6) is 0 Å². The fraction of sp³-hybridized carbons (Fsp3) is 0.250. The van der Waals surface area contributed by atoms with Gasteiger partial charge in [0, 0.05) is 37.2 Å². The number of benzene rings is 2. The van der Waals surface area contributed by atoms with Gasteiger partial charge >= 0.3 is 0 Å². The number of carbonyl (C=O) groups is 2. The number of rotatable bonds is 5. The van der Waals surface area contributed by atoms with Crippen LogP contribution >= 0.6 is 0 Å². The van der Waals surface area contributed by atoms with Gasteiger partial charge in [-0.05, 0) is 66.4 Å². The molecule has 0 radical (unpaired) electrons. The van der Waals surface area contributed by atoms with Crippen molar-refractivity contribution in [1.82, 2.24) is 5.32 Å². The summed E-state index contributed by atoms with van der Waals surface area (Å²) in [4.78, 5) is 26.0. The lowest BCUT2D eigenvalue weighted by Crippen LogP contribution is -2.33. The van der Waals surface area contributed by atoms with Crippen LogP contribution in [-0.2, 0) is 17.6 Å². The van der Waals surface area contributed by atoms with Crippen molar-refractivity contribution in [1.29, 1.82) is 0 Å². The van der Waals surface area contributed by atoms with Gasteiger partial charge in [-0.25, -0.2) is 0 Å². The molecule has 3 aromatic rings. The Morgan fingerprint density at radius 2 is 1.86 bits per heavy atom. The first kappa shape index (κ1) is 19.0. The van der Waals surface area contributed by atoms with Gasteiger partial charge < -0.3 is 14.6 Å². The highest BCUT2D eigenvalue weighted by Gasteiger charge is 2.22. The highest BCUT2D eigenvalue weighted by Crippen LogP contribution is 2.32. The van der Waals surface area contributed by atoms with E-state index in [1.807, 2.05) is 60.4 Å². The SMILES string of the molecule is CC(=O)N1CCc2cc(-c3ccc(C(=O)N[C@H](C)Cc4ccco4)cc3)ccc21. The maximum atomic E-state index is 12.5. The summed E-state index contributed by atoms with van der Waals surface area (Å²) in [6, 6.07) is 17.5. The summed E-state index contributed by atoms with van der Waals surface area (Å²) in [6.45, 7) is 4.30. The third-order valence-electron chi connectivity index (χ3n) is 5.30. The van der Waals surface area contributed by atoms with E-state index in [4.69, 9.17) is 4.42 Å². The quantitative estimate of drug-likeness (QED) is 0.712. The van der Waals surface area contributed by atoms with Crippen molar-refractivity contribution in [2.45, 2.75) is 32.7 Å². The van der Waals surface area contributed by atoms with Gasteiger partial charge in [-0.2, -0.15) is 0 Å². The Morgan fingerprint density at radius 1 is 1.10 bits per heavy atom. The van der Waals surface area contributed by atoms with E-state index in [0.29, 0.717) is 12.0 Å². The predicted octanol–water partition coefficient (Wildman–Crippen LogP) is 4.22. The molecule has 29 heavy (non-hydrogen) atoms. The van der Waals surface area contributed by atoms with Gasteiger partial charge in [-0.3, -0.25) is 9.59 Å². The van der Waals surface area contributed by atoms with E-state index in [1.165, 1.54) is 5.56 Å². The lowest BCUT2D eigenvalue weighted by atomic mass is 10.0. The summed E-state index contributed by atoms with van der Waals surface area (Å²) in [5, 5.41) is 3.01. The van der Waals surface area contributed by atoms with Crippen molar-refractivity contribution in [2.24, 2.45) is 0 Å². The monoisotopic (exact) mass is 388 g/mol. The molecule has 5 heteroatoms. The number of amides is 2. The molecule has 0 aliphatic carbocycles. The van der Waals surface area contributed by atoms with Crippen molar-refractivity contribution >= 4 is 17.5 Å². The Hall–Kier alpha value is -3.34. The minimum atomic E-state index is -0.0957. The summed E-state index contributed by atoms with van der Waals surface area (Å²) >= 11 is 0. The maximum absolute atomic E-state index is 12.5. The van der Waals surface area contributed by atoms with Crippen LogP contribution in [0.1, 0.15) is 35.5 Å². The number of hydrogen-bond acceptors (Lipinski definition) is 3. The van der Waals surface area contributed by atoms with Crippen LogP contribution < -0.4 is 10.2 Å². The zero-order chi connectivity index (χ0) is 20.4. The molecule has 148 valence electrons. The van der Waals surface area contributed by atoms with E-state index in [9.17, 15) is 9.59 Å². The number of nitrogens with one attached hydrogen (secondary N) is 1. The van der Waals surface area contributed by atoms with Crippen molar-refractivity contribution in [2.75, 3.05) is 11.4 Å². The van der Waals surface area contributed by atoms with E-state index in [0.717, 1.165) is 35.5 Å². The zero-order valence-corrected chi connectivity index (χ0v) is 16.6. The van der Waals surface area contributed by atoms with Gasteiger partial charge in [0.1, 0.15) is 5.76 Å². The molecule has 1 N–H and O–H groups in total. The number of furan rings is 1. The molecule has 4 rings (SSSR count). The molecule has 1 aliphatic heterocycles. The average Bonchev–Trinajstić information content (AvgIpc) is 3.37. The molecular formula is C24H24N2O3. The van der Waals surface area contributed by atoms with Crippen molar-refractivity contribution < 1.29 is 14.0 Å². The molecule has 2 heterocycles. The topological polar surface area (TPSA) is 62.6 Å². The van der Waals surface area contributed by atoms with Gasteiger partial charge in [0.15, 0.2) is 0 Å². The molecule has 0 unspecified atom stereocenters. The first-order valence-electron chi connectivity index (χ1n) is 9.86. The molecule has 2 amide bonds. The summed E-state index contributed by atoms with van der Waals surface area (Å²) in [6.07, 6.45) is 3.17. The zero-order valence-electron chi connectivity index (χ0n) is 16.6. The second-order valence-electron chi connectivity index (χ2n) is 7.50. The van der Waals surface area contributed by atoms with Gasteiger partial charge in [-0.15, -0.1) is 0 Å². The number of fused-ring (bicyclic) bond motifs is 1. The summed E-state index contributed by atoms with van der Waals surface area (Å²) in [5.74, 6) is 0.836. The average molecular weight is 388 g/mol. The lowest BCUT2D eigenvalue weighted by Gasteiger charge is -2.15. The molecular weight excluding hydrogens is 364 g/mol. The van der Waals surface area contributed by atoms with Crippen LogP contribution in [0.3, 0.4) is 0 Å². The highest BCUT2D eigenvalue weighted by atomic mass is 16.3. The fourth-order valence-corrected chi connectivity index (χ4v) is 3.81. The maximum Gasteiger partial charge on any atom is 0.251 e. The molecule has 0 spiro atoms. The largest absolute Gasteiger partial charge is 0.469 e.